The third-order valence-electron chi connectivity index (χ3n) is 2.14. The largest absolute Gasteiger partial charge is 0.468 e. The lowest BCUT2D eigenvalue weighted by Crippen LogP contribution is -2.29. The topological polar surface area (TPSA) is 117 Å². The minimum Gasteiger partial charge on any atom is -0.468 e. The van der Waals surface area contributed by atoms with E-state index < -0.39 is 16.8 Å². The Balaban J connectivity index is 0. The van der Waals surface area contributed by atoms with Crippen LogP contribution < -0.4 is 5.73 Å². The summed E-state index contributed by atoms with van der Waals surface area (Å²) in [6.07, 6.45) is 0. The second-order valence-electron chi connectivity index (χ2n) is 4.59. The van der Waals surface area contributed by atoms with Crippen LogP contribution in [0.4, 0.5) is 0 Å². The quantitative estimate of drug-likeness (QED) is 0.742. The van der Waals surface area contributed by atoms with Crippen molar-refractivity contribution in [1.82, 2.24) is 0 Å². The summed E-state index contributed by atoms with van der Waals surface area (Å²) in [6.45, 7) is 6.09. The fraction of sp³-hybridized carbons (Fsp3) is 0.667. The van der Waals surface area contributed by atoms with Gasteiger partial charge in [-0.25, -0.2) is 0 Å². The maximum Gasteiger partial charge on any atom is 0.325 e. The Hall–Kier alpha value is -1.92. The van der Waals surface area contributed by atoms with Crippen LogP contribution in [0.3, 0.4) is 0 Å². The van der Waals surface area contributed by atoms with Crippen LogP contribution in [-0.4, -0.2) is 25.4 Å². The van der Waals surface area contributed by atoms with Crippen LogP contribution in [-0.2, 0) is 14.3 Å². The molecule has 0 spiro atoms. The minimum atomic E-state index is -1.01. The van der Waals surface area contributed by atoms with Gasteiger partial charge in [-0.1, -0.05) is 0 Å². The average molecular weight is 253 g/mol. The summed E-state index contributed by atoms with van der Waals surface area (Å²) in [4.78, 5) is 21.3. The van der Waals surface area contributed by atoms with E-state index in [1.54, 1.807) is 13.8 Å². The zero-order chi connectivity index (χ0) is 15.0. The molecule has 0 heterocycles. The molecule has 0 aromatic rings. The molecule has 0 saturated carbocycles. The highest BCUT2D eigenvalue weighted by atomic mass is 16.5. The van der Waals surface area contributed by atoms with Crippen LogP contribution in [0, 0.1) is 33.5 Å². The van der Waals surface area contributed by atoms with Crippen LogP contribution in [0.5, 0.6) is 0 Å². The second-order valence-corrected chi connectivity index (χ2v) is 4.59. The number of carbonyl (C=O) groups excluding carboxylic acids is 2. The standard InChI is InChI=1S/C6H10N2O.C6H9NO2/c1-6(2,4-8)5(9)3-7;1-6(2,4-7)5(8)9-3/h3,7H2,1-2H3;1-3H3. The van der Waals surface area contributed by atoms with Crippen molar-refractivity contribution in [2.24, 2.45) is 16.6 Å². The van der Waals surface area contributed by atoms with Gasteiger partial charge in [0, 0.05) is 0 Å². The molecule has 6 heteroatoms. The van der Waals surface area contributed by atoms with E-state index in [0.29, 0.717) is 0 Å². The molecule has 0 unspecified atom stereocenters. The Morgan fingerprint density at radius 1 is 1.11 bits per heavy atom. The van der Waals surface area contributed by atoms with Crippen LogP contribution in [0.2, 0.25) is 0 Å². The maximum atomic E-state index is 10.7. The summed E-state index contributed by atoms with van der Waals surface area (Å²) in [5.74, 6) is -0.713. The number of ether oxygens (including phenoxy) is 1. The first-order valence-corrected chi connectivity index (χ1v) is 5.23. The van der Waals surface area contributed by atoms with E-state index in [-0.39, 0.29) is 12.3 Å². The van der Waals surface area contributed by atoms with Gasteiger partial charge in [0.25, 0.3) is 0 Å². The molecule has 0 aliphatic heterocycles. The number of nitrogens with two attached hydrogens (primary N) is 1. The molecule has 0 rings (SSSR count). The third kappa shape index (κ3) is 5.97. The van der Waals surface area contributed by atoms with E-state index in [0.717, 1.165) is 0 Å². The Morgan fingerprint density at radius 2 is 1.50 bits per heavy atom. The summed E-state index contributed by atoms with van der Waals surface area (Å²) < 4.78 is 4.34. The number of rotatable bonds is 3. The van der Waals surface area contributed by atoms with Crippen LogP contribution in [0.1, 0.15) is 27.7 Å². The maximum absolute atomic E-state index is 10.7. The lowest BCUT2D eigenvalue weighted by molar-refractivity contribution is -0.147. The number of hydrogen-bond donors (Lipinski definition) is 1. The molecule has 0 fully saturated rings. The second kappa shape index (κ2) is 7.41. The summed E-state index contributed by atoms with van der Waals surface area (Å²) in [7, 11) is 1.27. The van der Waals surface area contributed by atoms with Crippen molar-refractivity contribution in [3.63, 3.8) is 0 Å². The monoisotopic (exact) mass is 253 g/mol. The van der Waals surface area contributed by atoms with Gasteiger partial charge in [-0.05, 0) is 27.7 Å². The van der Waals surface area contributed by atoms with Crippen molar-refractivity contribution in [1.29, 1.82) is 10.5 Å². The van der Waals surface area contributed by atoms with Crippen LogP contribution in [0.25, 0.3) is 0 Å². The Kier molecular flexibility index (Phi) is 7.60. The fourth-order valence-electron chi connectivity index (χ4n) is 0.618. The molecule has 0 atom stereocenters. The van der Waals surface area contributed by atoms with Gasteiger partial charge in [0.05, 0.1) is 25.8 Å². The number of Topliss-reactive ketones (excluding diaryl/α,β-unsaturated/α-hetero) is 1. The number of ketones is 1. The first-order valence-electron chi connectivity index (χ1n) is 5.23. The Labute approximate surface area is 107 Å². The first-order chi connectivity index (χ1) is 8.08. The lowest BCUT2D eigenvalue weighted by Gasteiger charge is -2.10. The van der Waals surface area contributed by atoms with Gasteiger partial charge in [0.2, 0.25) is 0 Å². The van der Waals surface area contributed by atoms with Gasteiger partial charge in [0.1, 0.15) is 10.8 Å². The summed E-state index contributed by atoms with van der Waals surface area (Å²) in [5, 5.41) is 16.7. The fourth-order valence-corrected chi connectivity index (χ4v) is 0.618. The molecular weight excluding hydrogens is 234 g/mol. The highest BCUT2D eigenvalue weighted by molar-refractivity contribution is 5.88. The molecule has 6 nitrogen and oxygen atoms in total. The van der Waals surface area contributed by atoms with E-state index in [1.807, 2.05) is 12.1 Å². The highest BCUT2D eigenvalue weighted by Gasteiger charge is 2.27. The Bertz CT molecular complexity index is 348. The molecule has 0 aliphatic carbocycles. The molecular formula is C12H19N3O3. The average Bonchev–Trinajstić information content (AvgIpc) is 2.37. The van der Waals surface area contributed by atoms with E-state index in [1.165, 1.54) is 21.0 Å². The molecule has 0 amide bonds. The van der Waals surface area contributed by atoms with Gasteiger partial charge in [-0.3, -0.25) is 9.59 Å². The predicted molar refractivity (Wildman–Crippen MR) is 64.9 cm³/mol. The third-order valence-corrected chi connectivity index (χ3v) is 2.14. The number of esters is 1. The zero-order valence-electron chi connectivity index (χ0n) is 11.4. The Morgan fingerprint density at radius 3 is 1.61 bits per heavy atom. The van der Waals surface area contributed by atoms with Crippen molar-refractivity contribution in [3.05, 3.63) is 0 Å². The van der Waals surface area contributed by atoms with Crippen molar-refractivity contribution < 1.29 is 14.3 Å². The summed E-state index contributed by atoms with van der Waals surface area (Å²) >= 11 is 0. The molecule has 0 bridgehead atoms. The molecule has 0 aromatic carbocycles. The van der Waals surface area contributed by atoms with E-state index >= 15 is 0 Å². The molecule has 0 saturated heterocycles. The SMILES string of the molecule is CC(C)(C#N)C(=O)CN.COC(=O)C(C)(C)C#N. The van der Waals surface area contributed by atoms with E-state index in [4.69, 9.17) is 16.3 Å². The number of nitriles is 2. The highest BCUT2D eigenvalue weighted by Crippen LogP contribution is 2.14. The van der Waals surface area contributed by atoms with Crippen molar-refractivity contribution in [2.45, 2.75) is 27.7 Å². The normalized spacial score (nSPS) is 10.2. The molecule has 18 heavy (non-hydrogen) atoms. The smallest absolute Gasteiger partial charge is 0.325 e. The van der Waals surface area contributed by atoms with E-state index in [9.17, 15) is 9.59 Å². The molecule has 100 valence electrons. The van der Waals surface area contributed by atoms with Crippen molar-refractivity contribution in [3.8, 4) is 12.1 Å². The predicted octanol–water partition coefficient (Wildman–Crippen LogP) is 0.773. The van der Waals surface area contributed by atoms with Gasteiger partial charge < -0.3 is 10.5 Å². The number of methoxy groups -OCH3 is 1. The van der Waals surface area contributed by atoms with Gasteiger partial charge >= 0.3 is 5.97 Å². The van der Waals surface area contributed by atoms with Crippen molar-refractivity contribution in [2.75, 3.05) is 13.7 Å². The van der Waals surface area contributed by atoms with E-state index in [2.05, 4.69) is 4.74 Å². The summed E-state index contributed by atoms with van der Waals surface area (Å²) in [6, 6.07) is 3.68. The zero-order valence-corrected chi connectivity index (χ0v) is 11.4. The molecule has 0 radical (unpaired) electrons. The van der Waals surface area contributed by atoms with Gasteiger partial charge in [0.15, 0.2) is 5.78 Å². The number of nitrogens with zero attached hydrogens (tertiary/aromatic N) is 2. The number of carbonyl (C=O) groups is 2. The van der Waals surface area contributed by atoms with Crippen molar-refractivity contribution >= 4 is 11.8 Å². The van der Waals surface area contributed by atoms with Gasteiger partial charge in [-0.2, -0.15) is 10.5 Å². The summed E-state index contributed by atoms with van der Waals surface area (Å²) in [5.41, 5.74) is 3.12. The molecule has 0 aromatic heterocycles. The van der Waals surface area contributed by atoms with Gasteiger partial charge in [-0.15, -0.1) is 0 Å². The lowest BCUT2D eigenvalue weighted by atomic mass is 9.90. The first kappa shape index (κ1) is 18.4. The van der Waals surface area contributed by atoms with Crippen LogP contribution >= 0.6 is 0 Å². The number of hydrogen-bond acceptors (Lipinski definition) is 6. The molecule has 0 aliphatic rings. The van der Waals surface area contributed by atoms with Crippen LogP contribution in [0.15, 0.2) is 0 Å². The minimum absolute atomic E-state index is 0.0550. The molecule has 2 N–H and O–H groups in total.